The second-order valence-electron chi connectivity index (χ2n) is 6.87. The molecule has 31 heavy (non-hydrogen) atoms. The minimum absolute atomic E-state index is 0.0422. The number of phenolic OH excluding ortho intramolecular Hbond substituents is 1. The zero-order valence-electron chi connectivity index (χ0n) is 17.6. The van der Waals surface area contributed by atoms with Crippen molar-refractivity contribution in [1.29, 1.82) is 0 Å². The van der Waals surface area contributed by atoms with Gasteiger partial charge in [0, 0.05) is 19.2 Å². The van der Waals surface area contributed by atoms with Crippen molar-refractivity contribution in [2.75, 3.05) is 34.0 Å². The number of carbonyl (C=O) groups excluding carboxylic acids is 2. The third-order valence-corrected chi connectivity index (χ3v) is 5.04. The molecule has 0 aliphatic carbocycles. The number of methoxy groups -OCH3 is 2. The molecule has 1 unspecified atom stereocenters. The van der Waals surface area contributed by atoms with Gasteiger partial charge in [0.15, 0.2) is 11.5 Å². The smallest absolute Gasteiger partial charge is 0.295 e. The van der Waals surface area contributed by atoms with Gasteiger partial charge in [-0.05, 0) is 48.9 Å². The Morgan fingerprint density at radius 3 is 2.42 bits per heavy atom. The molecular weight excluding hydrogens is 402 g/mol. The minimum atomic E-state index is -0.864. The van der Waals surface area contributed by atoms with Gasteiger partial charge >= 0.3 is 0 Å². The number of nitrogens with zero attached hydrogens (tertiary/aromatic N) is 1. The summed E-state index contributed by atoms with van der Waals surface area (Å²) in [5.74, 6) is -1.06. The largest absolute Gasteiger partial charge is 0.507 e. The fourth-order valence-electron chi connectivity index (χ4n) is 3.52. The zero-order chi connectivity index (χ0) is 22.5. The lowest BCUT2D eigenvalue weighted by atomic mass is 9.95. The maximum Gasteiger partial charge on any atom is 0.295 e. The fourth-order valence-corrected chi connectivity index (χ4v) is 3.52. The summed E-state index contributed by atoms with van der Waals surface area (Å²) in [6.45, 7) is 2.46. The number of amides is 1. The normalized spacial score (nSPS) is 17.8. The van der Waals surface area contributed by atoms with Gasteiger partial charge < -0.3 is 29.3 Å². The number of carbonyl (C=O) groups is 2. The average Bonchev–Trinajstić information content (AvgIpc) is 3.03. The van der Waals surface area contributed by atoms with Gasteiger partial charge in [-0.2, -0.15) is 0 Å². The van der Waals surface area contributed by atoms with Gasteiger partial charge in [0.25, 0.3) is 11.7 Å². The first-order chi connectivity index (χ1) is 14.9. The van der Waals surface area contributed by atoms with Crippen LogP contribution in [0.3, 0.4) is 0 Å². The van der Waals surface area contributed by atoms with Gasteiger partial charge in [-0.3, -0.25) is 9.59 Å². The van der Waals surface area contributed by atoms with Crippen LogP contribution in [0.15, 0.2) is 48.0 Å². The molecule has 1 fully saturated rings. The third-order valence-electron chi connectivity index (χ3n) is 5.04. The van der Waals surface area contributed by atoms with Gasteiger partial charge in [-0.1, -0.05) is 6.07 Å². The summed E-state index contributed by atoms with van der Waals surface area (Å²) < 4.78 is 15.7. The standard InChI is InChI=1S/C23H25NO7/c1-4-31-18-13-15(7-10-17(18)25)20-19(22(27)23(28)24(20)11-12-29-2)21(26)14-5-8-16(30-3)9-6-14/h5-10,13,20,25-26H,4,11-12H2,1-3H3/b21-19-. The van der Waals surface area contributed by atoms with Gasteiger partial charge in [0.1, 0.15) is 11.5 Å². The second kappa shape index (κ2) is 9.53. The van der Waals surface area contributed by atoms with Crippen molar-refractivity contribution < 1.29 is 34.0 Å². The van der Waals surface area contributed by atoms with E-state index >= 15 is 0 Å². The minimum Gasteiger partial charge on any atom is -0.507 e. The van der Waals surface area contributed by atoms with Gasteiger partial charge in [0.2, 0.25) is 0 Å². The molecule has 1 heterocycles. The highest BCUT2D eigenvalue weighted by atomic mass is 16.5. The summed E-state index contributed by atoms with van der Waals surface area (Å²) in [4.78, 5) is 27.1. The summed E-state index contributed by atoms with van der Waals surface area (Å²) >= 11 is 0. The fraction of sp³-hybridized carbons (Fsp3) is 0.304. The Labute approximate surface area is 180 Å². The number of ketones is 1. The van der Waals surface area contributed by atoms with E-state index in [4.69, 9.17) is 14.2 Å². The molecule has 3 rings (SSSR count). The number of aliphatic hydroxyl groups is 1. The Balaban J connectivity index is 2.16. The topological polar surface area (TPSA) is 106 Å². The lowest BCUT2D eigenvalue weighted by Crippen LogP contribution is -2.32. The first-order valence-electron chi connectivity index (χ1n) is 9.80. The summed E-state index contributed by atoms with van der Waals surface area (Å²) in [6.07, 6.45) is 0. The molecule has 1 aliphatic rings. The maximum absolute atomic E-state index is 12.9. The van der Waals surface area contributed by atoms with Crippen LogP contribution in [-0.2, 0) is 14.3 Å². The van der Waals surface area contributed by atoms with Crippen molar-refractivity contribution in [2.24, 2.45) is 0 Å². The summed E-state index contributed by atoms with van der Waals surface area (Å²) in [6, 6.07) is 10.2. The summed E-state index contributed by atoms with van der Waals surface area (Å²) in [7, 11) is 3.02. The number of rotatable bonds is 8. The number of benzene rings is 2. The Morgan fingerprint density at radius 2 is 1.81 bits per heavy atom. The number of ether oxygens (including phenoxy) is 3. The highest BCUT2D eigenvalue weighted by Gasteiger charge is 2.46. The van der Waals surface area contributed by atoms with E-state index < -0.39 is 17.7 Å². The van der Waals surface area contributed by atoms with Gasteiger partial charge in [-0.15, -0.1) is 0 Å². The Kier molecular flexibility index (Phi) is 6.81. The van der Waals surface area contributed by atoms with E-state index in [1.807, 2.05) is 0 Å². The predicted octanol–water partition coefficient (Wildman–Crippen LogP) is 2.87. The van der Waals surface area contributed by atoms with Crippen LogP contribution in [0.2, 0.25) is 0 Å². The van der Waals surface area contributed by atoms with E-state index in [0.29, 0.717) is 23.5 Å². The van der Waals surface area contributed by atoms with E-state index in [2.05, 4.69) is 0 Å². The van der Waals surface area contributed by atoms with Crippen LogP contribution in [0, 0.1) is 0 Å². The van der Waals surface area contributed by atoms with Crippen molar-refractivity contribution in [3.63, 3.8) is 0 Å². The molecule has 0 radical (unpaired) electrons. The molecule has 2 aromatic carbocycles. The lowest BCUT2D eigenvalue weighted by molar-refractivity contribution is -0.140. The average molecular weight is 427 g/mol. The van der Waals surface area contributed by atoms with Crippen LogP contribution in [0.1, 0.15) is 24.1 Å². The summed E-state index contributed by atoms with van der Waals surface area (Å²) in [5, 5.41) is 21.1. The molecule has 2 aromatic rings. The molecule has 1 atom stereocenters. The van der Waals surface area contributed by atoms with Crippen molar-refractivity contribution in [3.8, 4) is 17.2 Å². The first kappa shape index (κ1) is 22.2. The van der Waals surface area contributed by atoms with Crippen LogP contribution in [0.4, 0.5) is 0 Å². The van der Waals surface area contributed by atoms with Crippen LogP contribution >= 0.6 is 0 Å². The monoisotopic (exact) mass is 427 g/mol. The number of hydrogen-bond donors (Lipinski definition) is 2. The molecule has 0 bridgehead atoms. The van der Waals surface area contributed by atoms with Crippen LogP contribution in [0.5, 0.6) is 17.2 Å². The summed E-state index contributed by atoms with van der Waals surface area (Å²) in [5.41, 5.74) is 0.852. The number of likely N-dealkylation sites (tertiary alicyclic amines) is 1. The van der Waals surface area contributed by atoms with E-state index in [1.54, 1.807) is 43.3 Å². The number of Topliss-reactive ketones (excluding diaryl/α,β-unsaturated/α-hetero) is 1. The van der Waals surface area contributed by atoms with Gasteiger partial charge in [0.05, 0.1) is 31.9 Å². The SMILES string of the molecule is CCOc1cc(C2/C(=C(/O)c3ccc(OC)cc3)C(=O)C(=O)N2CCOC)ccc1O. The van der Waals surface area contributed by atoms with E-state index in [-0.39, 0.29) is 36.0 Å². The highest BCUT2D eigenvalue weighted by molar-refractivity contribution is 6.46. The molecule has 8 nitrogen and oxygen atoms in total. The highest BCUT2D eigenvalue weighted by Crippen LogP contribution is 2.41. The predicted molar refractivity (Wildman–Crippen MR) is 113 cm³/mol. The first-order valence-corrected chi connectivity index (χ1v) is 9.80. The molecule has 0 saturated carbocycles. The molecule has 0 aromatic heterocycles. The molecule has 1 saturated heterocycles. The number of aromatic hydroxyl groups is 1. The molecule has 2 N–H and O–H groups in total. The lowest BCUT2D eigenvalue weighted by Gasteiger charge is -2.25. The molecule has 0 spiro atoms. The number of hydrogen-bond acceptors (Lipinski definition) is 7. The van der Waals surface area contributed by atoms with Crippen molar-refractivity contribution in [1.82, 2.24) is 4.90 Å². The molecule has 8 heteroatoms. The molecular formula is C23H25NO7. The van der Waals surface area contributed by atoms with Crippen molar-refractivity contribution in [2.45, 2.75) is 13.0 Å². The van der Waals surface area contributed by atoms with Gasteiger partial charge in [-0.25, -0.2) is 0 Å². The van der Waals surface area contributed by atoms with Crippen LogP contribution in [0.25, 0.3) is 5.76 Å². The maximum atomic E-state index is 12.9. The van der Waals surface area contributed by atoms with E-state index in [1.165, 1.54) is 25.2 Å². The Morgan fingerprint density at radius 1 is 1.10 bits per heavy atom. The number of aliphatic hydroxyl groups excluding tert-OH is 1. The zero-order valence-corrected chi connectivity index (χ0v) is 17.6. The van der Waals surface area contributed by atoms with E-state index in [9.17, 15) is 19.8 Å². The number of phenols is 1. The Bertz CT molecular complexity index is 997. The van der Waals surface area contributed by atoms with E-state index in [0.717, 1.165) is 0 Å². The second-order valence-corrected chi connectivity index (χ2v) is 6.87. The van der Waals surface area contributed by atoms with Crippen molar-refractivity contribution >= 4 is 17.4 Å². The van der Waals surface area contributed by atoms with Crippen LogP contribution in [-0.4, -0.2) is 60.8 Å². The molecule has 164 valence electrons. The third kappa shape index (κ3) is 4.34. The van der Waals surface area contributed by atoms with Crippen LogP contribution < -0.4 is 9.47 Å². The Hall–Kier alpha value is -3.52. The molecule has 1 amide bonds. The van der Waals surface area contributed by atoms with Crippen molar-refractivity contribution in [3.05, 3.63) is 59.2 Å². The molecule has 1 aliphatic heterocycles. The quantitative estimate of drug-likeness (QED) is 0.379.